The van der Waals surface area contributed by atoms with E-state index >= 15 is 0 Å². The minimum atomic E-state index is -0.613. The van der Waals surface area contributed by atoms with Crippen LogP contribution in [-0.4, -0.2) is 11.6 Å². The number of ketones is 2. The summed E-state index contributed by atoms with van der Waals surface area (Å²) in [7, 11) is 0. The second-order valence-corrected chi connectivity index (χ2v) is 11.4. The molecule has 176 valence electrons. The van der Waals surface area contributed by atoms with Gasteiger partial charge in [-0.15, -0.1) is 0 Å². The minimum absolute atomic E-state index is 0.0360. The zero-order valence-corrected chi connectivity index (χ0v) is 20.0. The number of benzene rings is 2. The van der Waals surface area contributed by atoms with Crippen molar-refractivity contribution in [1.82, 2.24) is 0 Å². The molecule has 0 aromatic heterocycles. The topological polar surface area (TPSA) is 37.4 Å². The molecule has 2 aliphatic carbocycles. The van der Waals surface area contributed by atoms with Crippen LogP contribution < -0.4 is 4.90 Å². The summed E-state index contributed by atoms with van der Waals surface area (Å²) in [4.78, 5) is 29.3. The van der Waals surface area contributed by atoms with Crippen molar-refractivity contribution in [2.24, 2.45) is 10.8 Å². The molecule has 0 N–H and O–H groups in total. The van der Waals surface area contributed by atoms with Gasteiger partial charge in [-0.2, -0.15) is 0 Å². The Balaban J connectivity index is 1.84. The standard InChI is InChI=1S/C29H29F2NO2/c1-28(2)13-21-26(23(33)15-28)25(17-7-5-8-18(30)11-17)27-22(14-29(3,4)16-24(27)34)32(21)20-10-6-9-19(31)12-20/h5-12,25H,13-16H2,1-4H3. The lowest BCUT2D eigenvalue weighted by atomic mass is 9.63. The number of carbonyl (C=O) groups is 2. The smallest absolute Gasteiger partial charge is 0.162 e. The molecule has 0 bridgehead atoms. The molecule has 0 saturated carbocycles. The van der Waals surface area contributed by atoms with Crippen molar-refractivity contribution in [3.05, 3.63) is 88.3 Å². The van der Waals surface area contributed by atoms with Crippen LogP contribution in [0.5, 0.6) is 0 Å². The van der Waals surface area contributed by atoms with Crippen LogP contribution in [-0.2, 0) is 9.59 Å². The van der Waals surface area contributed by atoms with Crippen molar-refractivity contribution in [2.75, 3.05) is 4.90 Å². The summed E-state index contributed by atoms with van der Waals surface area (Å²) in [5.41, 5.74) is 3.31. The predicted molar refractivity (Wildman–Crippen MR) is 128 cm³/mol. The Labute approximate surface area is 199 Å². The van der Waals surface area contributed by atoms with Gasteiger partial charge in [0.05, 0.1) is 0 Å². The predicted octanol–water partition coefficient (Wildman–Crippen LogP) is 6.86. The molecule has 0 fully saturated rings. The molecule has 0 saturated heterocycles. The molecule has 1 aliphatic heterocycles. The van der Waals surface area contributed by atoms with Gasteiger partial charge in [-0.3, -0.25) is 9.59 Å². The van der Waals surface area contributed by atoms with Gasteiger partial charge in [-0.05, 0) is 59.6 Å². The van der Waals surface area contributed by atoms with E-state index in [1.807, 2.05) is 11.0 Å². The molecule has 2 aromatic rings. The average molecular weight is 462 g/mol. The molecule has 3 aliphatic rings. The number of halogens is 2. The second kappa shape index (κ2) is 7.72. The van der Waals surface area contributed by atoms with Crippen LogP contribution in [0.15, 0.2) is 71.1 Å². The molecule has 0 unspecified atom stereocenters. The summed E-state index contributed by atoms with van der Waals surface area (Å²) < 4.78 is 28.7. The van der Waals surface area contributed by atoms with Crippen LogP contribution in [0, 0.1) is 22.5 Å². The monoisotopic (exact) mass is 461 g/mol. The third kappa shape index (κ3) is 3.81. The molecule has 1 heterocycles. The fourth-order valence-electron chi connectivity index (χ4n) is 5.91. The van der Waals surface area contributed by atoms with Gasteiger partial charge in [0, 0.05) is 47.0 Å². The lowest BCUT2D eigenvalue weighted by Gasteiger charge is -2.49. The van der Waals surface area contributed by atoms with Crippen molar-refractivity contribution in [3.8, 4) is 0 Å². The van der Waals surface area contributed by atoms with E-state index in [4.69, 9.17) is 0 Å². The van der Waals surface area contributed by atoms with Crippen molar-refractivity contribution in [3.63, 3.8) is 0 Å². The zero-order chi connectivity index (χ0) is 24.4. The number of carbonyl (C=O) groups excluding carboxylic acids is 2. The maximum absolute atomic E-state index is 14.4. The lowest BCUT2D eigenvalue weighted by molar-refractivity contribution is -0.119. The van der Waals surface area contributed by atoms with E-state index in [0.29, 0.717) is 48.1 Å². The van der Waals surface area contributed by atoms with Gasteiger partial charge in [0.2, 0.25) is 0 Å². The summed E-state index contributed by atoms with van der Waals surface area (Å²) in [5.74, 6) is -1.46. The first-order valence-electron chi connectivity index (χ1n) is 11.8. The Morgan fingerprint density at radius 3 is 1.74 bits per heavy atom. The fraction of sp³-hybridized carbons (Fsp3) is 0.379. The first kappa shape index (κ1) is 22.7. The van der Waals surface area contributed by atoms with Crippen LogP contribution in [0.3, 0.4) is 0 Å². The zero-order valence-electron chi connectivity index (χ0n) is 20.0. The number of Topliss-reactive ketones (excluding diaryl/α,β-unsaturated/α-hetero) is 2. The van der Waals surface area contributed by atoms with E-state index in [1.54, 1.807) is 18.2 Å². The SMILES string of the molecule is CC1(C)CC(=O)C2=C(C1)N(c1cccc(F)c1)C1=C(C(=O)CC(C)(C)C1)C2c1cccc(F)c1. The molecule has 2 aromatic carbocycles. The molecule has 0 spiro atoms. The van der Waals surface area contributed by atoms with Crippen LogP contribution in [0.2, 0.25) is 0 Å². The second-order valence-electron chi connectivity index (χ2n) is 11.4. The Morgan fingerprint density at radius 1 is 0.735 bits per heavy atom. The minimum Gasteiger partial charge on any atom is -0.317 e. The van der Waals surface area contributed by atoms with Crippen LogP contribution in [0.4, 0.5) is 14.5 Å². The Bertz CT molecular complexity index is 1230. The molecule has 0 radical (unpaired) electrons. The highest BCUT2D eigenvalue weighted by Crippen LogP contribution is 2.55. The summed E-state index contributed by atoms with van der Waals surface area (Å²) >= 11 is 0. The highest BCUT2D eigenvalue weighted by atomic mass is 19.1. The van der Waals surface area contributed by atoms with E-state index < -0.39 is 11.7 Å². The molecule has 34 heavy (non-hydrogen) atoms. The maximum atomic E-state index is 14.4. The largest absolute Gasteiger partial charge is 0.317 e. The molecular formula is C29H29F2NO2. The van der Waals surface area contributed by atoms with Gasteiger partial charge in [0.25, 0.3) is 0 Å². The Morgan fingerprint density at radius 2 is 1.24 bits per heavy atom. The van der Waals surface area contributed by atoms with Crippen molar-refractivity contribution in [2.45, 2.75) is 59.3 Å². The molecular weight excluding hydrogens is 432 g/mol. The Kier molecular flexibility index (Phi) is 5.16. The lowest BCUT2D eigenvalue weighted by Crippen LogP contribution is -2.44. The maximum Gasteiger partial charge on any atom is 0.162 e. The van der Waals surface area contributed by atoms with E-state index in [2.05, 4.69) is 27.7 Å². The third-order valence-corrected chi connectivity index (χ3v) is 7.16. The molecule has 5 rings (SSSR count). The summed E-state index contributed by atoms with van der Waals surface area (Å²) in [6, 6.07) is 12.5. The van der Waals surface area contributed by atoms with Crippen molar-refractivity contribution in [1.29, 1.82) is 0 Å². The molecule has 3 nitrogen and oxygen atoms in total. The van der Waals surface area contributed by atoms with Crippen molar-refractivity contribution >= 4 is 17.3 Å². The number of hydrogen-bond donors (Lipinski definition) is 0. The number of allylic oxidation sites excluding steroid dienone is 4. The number of hydrogen-bond acceptors (Lipinski definition) is 3. The van der Waals surface area contributed by atoms with E-state index in [-0.39, 0.29) is 28.2 Å². The van der Waals surface area contributed by atoms with E-state index in [1.165, 1.54) is 24.3 Å². The van der Waals surface area contributed by atoms with E-state index in [9.17, 15) is 18.4 Å². The first-order chi connectivity index (χ1) is 16.0. The van der Waals surface area contributed by atoms with E-state index in [0.717, 1.165) is 11.4 Å². The molecule has 0 atom stereocenters. The van der Waals surface area contributed by atoms with Gasteiger partial charge in [0.15, 0.2) is 11.6 Å². The first-order valence-corrected chi connectivity index (χ1v) is 11.8. The van der Waals surface area contributed by atoms with Crippen molar-refractivity contribution < 1.29 is 18.4 Å². The number of rotatable bonds is 2. The summed E-state index contributed by atoms with van der Waals surface area (Å²) in [6.45, 7) is 8.20. The summed E-state index contributed by atoms with van der Waals surface area (Å²) in [6.07, 6.45) is 1.89. The van der Waals surface area contributed by atoms with Gasteiger partial charge in [-0.1, -0.05) is 45.9 Å². The van der Waals surface area contributed by atoms with Crippen LogP contribution >= 0.6 is 0 Å². The van der Waals surface area contributed by atoms with Crippen LogP contribution in [0.25, 0.3) is 0 Å². The molecule has 0 amide bonds. The quantitative estimate of drug-likeness (QED) is 0.491. The number of anilines is 1. The highest BCUT2D eigenvalue weighted by Gasteiger charge is 2.49. The summed E-state index contributed by atoms with van der Waals surface area (Å²) in [5, 5.41) is 0. The molecule has 5 heteroatoms. The van der Waals surface area contributed by atoms with Gasteiger partial charge < -0.3 is 4.90 Å². The number of nitrogens with zero attached hydrogens (tertiary/aromatic N) is 1. The normalized spacial score (nSPS) is 22.1. The van der Waals surface area contributed by atoms with Gasteiger partial charge in [0.1, 0.15) is 11.6 Å². The Hall–Kier alpha value is -3.08. The fourth-order valence-corrected chi connectivity index (χ4v) is 5.91. The van der Waals surface area contributed by atoms with Gasteiger partial charge >= 0.3 is 0 Å². The third-order valence-electron chi connectivity index (χ3n) is 7.16. The van der Waals surface area contributed by atoms with Gasteiger partial charge in [-0.25, -0.2) is 8.78 Å². The highest BCUT2D eigenvalue weighted by molar-refractivity contribution is 6.08. The van der Waals surface area contributed by atoms with Crippen LogP contribution in [0.1, 0.15) is 64.9 Å². The average Bonchev–Trinajstić information content (AvgIpc) is 2.70.